The molecule has 196 valence electrons. The number of ether oxygens (including phenoxy) is 1. The van der Waals surface area contributed by atoms with Crippen molar-refractivity contribution in [2.45, 2.75) is 38.3 Å². The Bertz CT molecular complexity index is 1400. The molecule has 2 N–H and O–H groups in total. The van der Waals surface area contributed by atoms with Gasteiger partial charge in [-0.2, -0.15) is 0 Å². The highest BCUT2D eigenvalue weighted by Gasteiger charge is 2.52. The maximum absolute atomic E-state index is 13.9. The number of hydrogen-bond donors (Lipinski definition) is 2. The van der Waals surface area contributed by atoms with Gasteiger partial charge < -0.3 is 19.8 Å². The lowest BCUT2D eigenvalue weighted by atomic mass is 9.83. The number of rotatable bonds is 8. The predicted molar refractivity (Wildman–Crippen MR) is 146 cm³/mol. The predicted octanol–water partition coefficient (Wildman–Crippen LogP) is 4.62. The lowest BCUT2D eigenvalue weighted by molar-refractivity contribution is -0.139. The van der Waals surface area contributed by atoms with E-state index in [2.05, 4.69) is 0 Å². The summed E-state index contributed by atoms with van der Waals surface area (Å²) >= 11 is 0. The molecule has 5 rings (SSSR count). The molecule has 0 bridgehead atoms. The molecule has 7 heteroatoms. The maximum Gasteiger partial charge on any atom is 0.264 e. The van der Waals surface area contributed by atoms with E-state index in [0.29, 0.717) is 29.8 Å². The Morgan fingerprint density at radius 2 is 1.84 bits per heavy atom. The van der Waals surface area contributed by atoms with Gasteiger partial charge in [-0.25, -0.2) is 0 Å². The third kappa shape index (κ3) is 4.38. The van der Waals surface area contributed by atoms with E-state index in [-0.39, 0.29) is 19.1 Å². The fourth-order valence-electron chi connectivity index (χ4n) is 5.41. The number of aliphatic hydroxyl groups excluding tert-OH is 1. The molecule has 2 atom stereocenters. The number of aryl methyl sites for hydroxylation is 1. The Morgan fingerprint density at radius 3 is 2.63 bits per heavy atom. The molecule has 0 saturated carbocycles. The van der Waals surface area contributed by atoms with E-state index < -0.39 is 17.4 Å². The second-order valence-electron chi connectivity index (χ2n) is 9.80. The van der Waals surface area contributed by atoms with E-state index in [1.54, 1.807) is 54.2 Å². The van der Waals surface area contributed by atoms with Gasteiger partial charge in [0.25, 0.3) is 5.91 Å². The van der Waals surface area contributed by atoms with Crippen molar-refractivity contribution >= 4 is 28.9 Å². The van der Waals surface area contributed by atoms with Gasteiger partial charge in [-0.15, -0.1) is 0 Å². The van der Waals surface area contributed by atoms with E-state index in [1.165, 1.54) is 0 Å². The number of benzene rings is 3. The highest BCUT2D eigenvalue weighted by Crippen LogP contribution is 2.47. The summed E-state index contributed by atoms with van der Waals surface area (Å²) in [6.07, 6.45) is 5.14. The fraction of sp³-hybridized carbons (Fsp3) is 0.290. The molecule has 0 aliphatic carbocycles. The second-order valence-corrected chi connectivity index (χ2v) is 9.80. The molecule has 2 heterocycles. The average Bonchev–Trinajstić information content (AvgIpc) is 3.15. The molecule has 0 saturated heterocycles. The monoisotopic (exact) mass is 512 g/mol. The normalized spacial score (nSPS) is 19.6. The second kappa shape index (κ2) is 10.4. The summed E-state index contributed by atoms with van der Waals surface area (Å²) in [5, 5.41) is 21.0. The summed E-state index contributed by atoms with van der Waals surface area (Å²) in [6, 6.07) is 20.8. The number of amides is 2. The molecule has 0 unspecified atom stereocenters. The number of aliphatic hydroxyl groups is 2. The molecule has 0 fully saturated rings. The number of carbonyl (C=O) groups excluding carboxylic acids is 2. The minimum absolute atomic E-state index is 0.00747. The molecule has 3 aromatic carbocycles. The number of carbonyl (C=O) groups is 2. The van der Waals surface area contributed by atoms with Crippen LogP contribution in [-0.4, -0.2) is 35.7 Å². The summed E-state index contributed by atoms with van der Waals surface area (Å²) in [5.74, 6) is -0.376. The summed E-state index contributed by atoms with van der Waals surface area (Å²) < 4.78 is 5.39. The molecule has 0 spiro atoms. The zero-order valence-electron chi connectivity index (χ0n) is 21.6. The van der Waals surface area contributed by atoms with Gasteiger partial charge in [0.05, 0.1) is 25.0 Å². The molecular weight excluding hydrogens is 480 g/mol. The van der Waals surface area contributed by atoms with Gasteiger partial charge in [-0.05, 0) is 60.4 Å². The quantitative estimate of drug-likeness (QED) is 0.430. The van der Waals surface area contributed by atoms with Crippen LogP contribution in [0.15, 0.2) is 78.9 Å². The smallest absolute Gasteiger partial charge is 0.264 e. The summed E-state index contributed by atoms with van der Waals surface area (Å²) in [4.78, 5) is 30.1. The number of para-hydroxylation sites is 1. The van der Waals surface area contributed by atoms with Gasteiger partial charge in [0, 0.05) is 30.2 Å². The number of hydrogen-bond acceptors (Lipinski definition) is 5. The Morgan fingerprint density at radius 1 is 1.03 bits per heavy atom. The molecule has 7 nitrogen and oxygen atoms in total. The Hall–Kier alpha value is -3.94. The van der Waals surface area contributed by atoms with Crippen molar-refractivity contribution in [1.82, 2.24) is 0 Å². The third-order valence-corrected chi connectivity index (χ3v) is 7.46. The first-order chi connectivity index (χ1) is 18.4. The summed E-state index contributed by atoms with van der Waals surface area (Å²) in [6.45, 7) is 2.01. The average molecular weight is 513 g/mol. The van der Waals surface area contributed by atoms with Crippen molar-refractivity contribution in [2.75, 3.05) is 23.5 Å². The van der Waals surface area contributed by atoms with Gasteiger partial charge in [-0.3, -0.25) is 14.5 Å². The Labute approximate surface area is 222 Å². The highest BCUT2D eigenvalue weighted by atomic mass is 16.5. The standard InChI is InChI=1S/C31H32N2O5/c1-21(8-5-6-17-34)31(37)26-19-25(38-2)14-15-28(26)32(30(31)36)20-22-9-7-11-24(18-22)33-27-12-4-3-10-23(27)13-16-29(33)35/h3-5,7-12,14-15,18-19,21,34,37H,6,13,16-17,20H2,1-2H3/b8-5+/t21-,31+/m0/s1. The molecule has 2 aliphatic rings. The molecule has 38 heavy (non-hydrogen) atoms. The zero-order valence-corrected chi connectivity index (χ0v) is 21.6. The van der Waals surface area contributed by atoms with Crippen LogP contribution in [0.3, 0.4) is 0 Å². The SMILES string of the molecule is COc1ccc2c(c1)[C@](O)([C@@H](C)/C=C/CCO)C(=O)N2Cc1cccc(N2C(=O)CCc3ccccc32)c1. The van der Waals surface area contributed by atoms with Crippen molar-refractivity contribution in [2.24, 2.45) is 5.92 Å². The van der Waals surface area contributed by atoms with E-state index in [1.807, 2.05) is 48.5 Å². The van der Waals surface area contributed by atoms with E-state index in [9.17, 15) is 14.7 Å². The topological polar surface area (TPSA) is 90.3 Å². The Balaban J connectivity index is 1.50. The van der Waals surface area contributed by atoms with Crippen LogP contribution in [0.2, 0.25) is 0 Å². The van der Waals surface area contributed by atoms with Crippen molar-refractivity contribution in [3.05, 3.63) is 95.6 Å². The van der Waals surface area contributed by atoms with Gasteiger partial charge in [-0.1, -0.05) is 49.4 Å². The molecule has 2 amide bonds. The van der Waals surface area contributed by atoms with Gasteiger partial charge >= 0.3 is 0 Å². The van der Waals surface area contributed by atoms with E-state index in [0.717, 1.165) is 28.9 Å². The van der Waals surface area contributed by atoms with Gasteiger partial charge in [0.15, 0.2) is 5.60 Å². The van der Waals surface area contributed by atoms with Gasteiger partial charge in [0.1, 0.15) is 5.75 Å². The Kier molecular flexibility index (Phi) is 7.06. The van der Waals surface area contributed by atoms with Crippen LogP contribution in [-0.2, 0) is 28.2 Å². The van der Waals surface area contributed by atoms with Crippen LogP contribution in [0.4, 0.5) is 17.1 Å². The molecule has 2 aliphatic heterocycles. The van der Waals surface area contributed by atoms with Crippen LogP contribution >= 0.6 is 0 Å². The van der Waals surface area contributed by atoms with Crippen molar-refractivity contribution in [3.8, 4) is 5.75 Å². The maximum atomic E-state index is 13.9. The summed E-state index contributed by atoms with van der Waals surface area (Å²) in [5.41, 5.74) is 2.91. The molecule has 0 aromatic heterocycles. The van der Waals surface area contributed by atoms with Crippen molar-refractivity contribution in [3.63, 3.8) is 0 Å². The van der Waals surface area contributed by atoms with Crippen LogP contribution in [0.5, 0.6) is 5.75 Å². The lowest BCUT2D eigenvalue weighted by Gasteiger charge is -2.30. The molecule has 0 radical (unpaired) electrons. The lowest BCUT2D eigenvalue weighted by Crippen LogP contribution is -2.44. The number of methoxy groups -OCH3 is 1. The minimum atomic E-state index is -1.78. The van der Waals surface area contributed by atoms with Gasteiger partial charge in [0.2, 0.25) is 5.91 Å². The number of nitrogens with zero attached hydrogens (tertiary/aromatic N) is 2. The van der Waals surface area contributed by atoms with Crippen molar-refractivity contribution in [1.29, 1.82) is 0 Å². The first-order valence-electron chi connectivity index (χ1n) is 12.9. The third-order valence-electron chi connectivity index (χ3n) is 7.46. The number of fused-ring (bicyclic) bond motifs is 2. The van der Waals surface area contributed by atoms with E-state index in [4.69, 9.17) is 9.84 Å². The van der Waals surface area contributed by atoms with Crippen LogP contribution in [0, 0.1) is 5.92 Å². The highest BCUT2D eigenvalue weighted by molar-refractivity contribution is 6.07. The fourth-order valence-corrected chi connectivity index (χ4v) is 5.41. The minimum Gasteiger partial charge on any atom is -0.497 e. The van der Waals surface area contributed by atoms with Crippen molar-refractivity contribution < 1.29 is 24.5 Å². The van der Waals surface area contributed by atoms with Crippen LogP contribution in [0.25, 0.3) is 0 Å². The molecule has 3 aromatic rings. The molecular formula is C31H32N2O5. The first-order valence-corrected chi connectivity index (χ1v) is 12.9. The van der Waals surface area contributed by atoms with E-state index >= 15 is 0 Å². The number of anilines is 3. The van der Waals surface area contributed by atoms with Crippen LogP contribution in [0.1, 0.15) is 36.5 Å². The van der Waals surface area contributed by atoms with Crippen LogP contribution < -0.4 is 14.5 Å². The first kappa shape index (κ1) is 25.7. The largest absolute Gasteiger partial charge is 0.497 e. The zero-order chi connectivity index (χ0) is 26.9. The summed E-state index contributed by atoms with van der Waals surface area (Å²) in [7, 11) is 1.55.